The predicted octanol–water partition coefficient (Wildman–Crippen LogP) is 5.08. The summed E-state index contributed by atoms with van der Waals surface area (Å²) in [5.41, 5.74) is 1.67. The maximum Gasteiger partial charge on any atom is 0.354 e. The van der Waals surface area contributed by atoms with Crippen LogP contribution < -0.4 is 14.8 Å². The van der Waals surface area contributed by atoms with Crippen molar-refractivity contribution < 1.29 is 19.1 Å². The van der Waals surface area contributed by atoms with Gasteiger partial charge in [-0.25, -0.2) is 4.79 Å². The Labute approximate surface area is 213 Å². The van der Waals surface area contributed by atoms with Crippen LogP contribution in [0.5, 0.6) is 11.5 Å². The molecule has 0 aliphatic rings. The number of hydrogen-bond acceptors (Lipinski definition) is 6. The van der Waals surface area contributed by atoms with Crippen LogP contribution in [0.25, 0.3) is 12.2 Å². The van der Waals surface area contributed by atoms with E-state index in [0.29, 0.717) is 16.1 Å². The molecule has 178 valence electrons. The minimum Gasteiger partial charge on any atom is -0.493 e. The highest BCUT2D eigenvalue weighted by Gasteiger charge is 2.16. The van der Waals surface area contributed by atoms with Crippen molar-refractivity contribution in [2.24, 2.45) is 0 Å². The normalized spacial score (nSPS) is 11.1. The highest BCUT2D eigenvalue weighted by atomic mass is 35.5. The Hall–Kier alpha value is -4.85. The summed E-state index contributed by atoms with van der Waals surface area (Å²) in [6.45, 7) is 0.279. The zero-order valence-corrected chi connectivity index (χ0v) is 20.0. The molecule has 0 atom stereocenters. The molecule has 0 heterocycles. The highest BCUT2D eigenvalue weighted by Crippen LogP contribution is 2.30. The molecule has 8 heteroatoms. The molecule has 0 bridgehead atoms. The third-order valence-electron chi connectivity index (χ3n) is 4.88. The first-order valence-corrected chi connectivity index (χ1v) is 11.0. The van der Waals surface area contributed by atoms with Crippen molar-refractivity contribution in [3.63, 3.8) is 0 Å². The summed E-state index contributed by atoms with van der Waals surface area (Å²) >= 11 is 5.86. The van der Waals surface area contributed by atoms with Crippen LogP contribution in [0, 0.1) is 22.7 Å². The Kier molecular flexibility index (Phi) is 9.00. The van der Waals surface area contributed by atoms with Crippen LogP contribution in [0.15, 0.2) is 83.9 Å². The number of amides is 1. The van der Waals surface area contributed by atoms with E-state index < -0.39 is 11.9 Å². The van der Waals surface area contributed by atoms with Gasteiger partial charge >= 0.3 is 5.97 Å². The lowest BCUT2D eigenvalue weighted by Gasteiger charge is -2.10. The molecule has 0 unspecified atom stereocenters. The molecule has 1 amide bonds. The van der Waals surface area contributed by atoms with Crippen molar-refractivity contribution in [3.8, 4) is 23.6 Å². The third-order valence-corrected chi connectivity index (χ3v) is 5.14. The Morgan fingerprint density at radius 3 is 2.17 bits per heavy atom. The van der Waals surface area contributed by atoms with E-state index in [4.69, 9.17) is 21.1 Å². The summed E-state index contributed by atoms with van der Waals surface area (Å²) in [4.78, 5) is 25.0. The van der Waals surface area contributed by atoms with Gasteiger partial charge in [-0.1, -0.05) is 60.1 Å². The van der Waals surface area contributed by atoms with E-state index in [2.05, 4.69) is 5.32 Å². The average molecular weight is 498 g/mol. The van der Waals surface area contributed by atoms with E-state index in [0.717, 1.165) is 5.56 Å². The molecule has 3 rings (SSSR count). The molecule has 0 saturated carbocycles. The van der Waals surface area contributed by atoms with Gasteiger partial charge in [0.25, 0.3) is 5.91 Å². The van der Waals surface area contributed by atoms with Crippen molar-refractivity contribution >= 4 is 35.6 Å². The second-order valence-electron chi connectivity index (χ2n) is 7.36. The van der Waals surface area contributed by atoms with E-state index in [9.17, 15) is 20.1 Å². The number of rotatable bonds is 8. The molecule has 1 N–H and O–H groups in total. The molecule has 7 nitrogen and oxygen atoms in total. The minimum atomic E-state index is -0.868. The Morgan fingerprint density at radius 1 is 0.889 bits per heavy atom. The van der Waals surface area contributed by atoms with Crippen LogP contribution in [-0.4, -0.2) is 19.0 Å². The zero-order valence-electron chi connectivity index (χ0n) is 19.2. The summed E-state index contributed by atoms with van der Waals surface area (Å²) in [5, 5.41) is 22.1. The lowest BCUT2D eigenvalue weighted by atomic mass is 10.1. The number of nitrogens with zero attached hydrogens (tertiary/aromatic N) is 2. The number of nitrogens with one attached hydrogen (secondary N) is 1. The Balaban J connectivity index is 1.75. The third kappa shape index (κ3) is 7.07. The van der Waals surface area contributed by atoms with Gasteiger partial charge in [0.1, 0.15) is 23.3 Å². The molecule has 3 aromatic carbocycles. The van der Waals surface area contributed by atoms with Crippen molar-refractivity contribution in [2.75, 3.05) is 7.11 Å². The molecular formula is C28H20ClN3O4. The van der Waals surface area contributed by atoms with E-state index >= 15 is 0 Å². The predicted molar refractivity (Wildman–Crippen MR) is 136 cm³/mol. The average Bonchev–Trinajstić information content (AvgIpc) is 2.91. The first-order valence-electron chi connectivity index (χ1n) is 10.6. The van der Waals surface area contributed by atoms with Crippen LogP contribution in [0.2, 0.25) is 5.02 Å². The SMILES string of the molecule is COc1cc(/C=C(\C#N)C(=O)NCc2ccccc2)ccc1OC(=O)/C(C#N)=C/c1ccc(Cl)cc1. The van der Waals surface area contributed by atoms with Gasteiger partial charge in [0.2, 0.25) is 0 Å². The fourth-order valence-electron chi connectivity index (χ4n) is 3.06. The maximum absolute atomic E-state index is 12.6. The van der Waals surface area contributed by atoms with Gasteiger partial charge in [0.15, 0.2) is 11.5 Å². The van der Waals surface area contributed by atoms with E-state index in [-0.39, 0.29) is 29.2 Å². The molecule has 0 saturated heterocycles. The number of nitriles is 2. The number of carbonyl (C=O) groups excluding carboxylic acids is 2. The van der Waals surface area contributed by atoms with E-state index in [1.165, 1.54) is 31.4 Å². The van der Waals surface area contributed by atoms with Gasteiger partial charge in [-0.05, 0) is 53.1 Å². The Morgan fingerprint density at radius 2 is 1.53 bits per heavy atom. The summed E-state index contributed by atoms with van der Waals surface area (Å²) in [6, 6.07) is 24.2. The summed E-state index contributed by atoms with van der Waals surface area (Å²) in [6.07, 6.45) is 2.78. The molecule has 0 aliphatic heterocycles. The fraction of sp³-hybridized carbons (Fsp3) is 0.0714. The van der Waals surface area contributed by atoms with Crippen molar-refractivity contribution in [1.82, 2.24) is 5.32 Å². The zero-order chi connectivity index (χ0) is 25.9. The van der Waals surface area contributed by atoms with Gasteiger partial charge in [-0.3, -0.25) is 4.79 Å². The van der Waals surface area contributed by atoms with Crippen LogP contribution >= 0.6 is 11.6 Å². The summed E-state index contributed by atoms with van der Waals surface area (Å²) in [7, 11) is 1.38. The number of benzene rings is 3. The summed E-state index contributed by atoms with van der Waals surface area (Å²) < 4.78 is 10.7. The smallest absolute Gasteiger partial charge is 0.354 e. The number of ether oxygens (including phenoxy) is 2. The molecule has 0 spiro atoms. The second kappa shape index (κ2) is 12.6. The first kappa shape index (κ1) is 25.8. The standard InChI is InChI=1S/C28H20ClN3O4/c1-35-26-15-21(14-22(16-30)27(33)32-18-20-5-3-2-4-6-20)9-12-25(26)36-28(34)23(17-31)13-19-7-10-24(29)11-8-19/h2-15H,18H2,1H3,(H,32,33)/b22-14+,23-13+. The van der Waals surface area contributed by atoms with Gasteiger partial charge < -0.3 is 14.8 Å². The number of hydrogen-bond donors (Lipinski definition) is 1. The maximum atomic E-state index is 12.6. The second-order valence-corrected chi connectivity index (χ2v) is 7.80. The van der Waals surface area contributed by atoms with Crippen molar-refractivity contribution in [2.45, 2.75) is 6.54 Å². The number of halogens is 1. The Bertz CT molecular complexity index is 1400. The lowest BCUT2D eigenvalue weighted by Crippen LogP contribution is -2.23. The topological polar surface area (TPSA) is 112 Å². The molecule has 3 aromatic rings. The number of methoxy groups -OCH3 is 1. The molecule has 0 fully saturated rings. The quantitative estimate of drug-likeness (QED) is 0.201. The minimum absolute atomic E-state index is 0.0731. The van der Waals surface area contributed by atoms with Crippen LogP contribution in [-0.2, 0) is 16.1 Å². The van der Waals surface area contributed by atoms with Gasteiger partial charge in [-0.2, -0.15) is 10.5 Å². The summed E-state index contributed by atoms with van der Waals surface area (Å²) in [5.74, 6) is -1.14. The van der Waals surface area contributed by atoms with Gasteiger partial charge in [-0.15, -0.1) is 0 Å². The van der Waals surface area contributed by atoms with Crippen molar-refractivity contribution in [1.29, 1.82) is 10.5 Å². The van der Waals surface area contributed by atoms with Gasteiger partial charge in [0.05, 0.1) is 7.11 Å². The van der Waals surface area contributed by atoms with E-state index in [1.807, 2.05) is 42.5 Å². The van der Waals surface area contributed by atoms with Crippen LogP contribution in [0.3, 0.4) is 0 Å². The monoisotopic (exact) mass is 497 g/mol. The van der Waals surface area contributed by atoms with Gasteiger partial charge in [0, 0.05) is 11.6 Å². The number of carbonyl (C=O) groups is 2. The molecule has 36 heavy (non-hydrogen) atoms. The van der Waals surface area contributed by atoms with Crippen LogP contribution in [0.1, 0.15) is 16.7 Å². The molecule has 0 aliphatic carbocycles. The van der Waals surface area contributed by atoms with E-state index in [1.54, 1.807) is 30.3 Å². The first-order chi connectivity index (χ1) is 17.4. The highest BCUT2D eigenvalue weighted by molar-refractivity contribution is 6.30. The number of esters is 1. The largest absolute Gasteiger partial charge is 0.493 e. The molecule has 0 radical (unpaired) electrons. The molecular weight excluding hydrogens is 478 g/mol. The molecule has 0 aromatic heterocycles. The van der Waals surface area contributed by atoms with Crippen LogP contribution in [0.4, 0.5) is 0 Å². The fourth-order valence-corrected chi connectivity index (χ4v) is 3.19. The van der Waals surface area contributed by atoms with Crippen molar-refractivity contribution in [3.05, 3.63) is 106 Å². The lowest BCUT2D eigenvalue weighted by molar-refractivity contribution is -0.129.